The maximum absolute atomic E-state index is 12.7. The van der Waals surface area contributed by atoms with Crippen LogP contribution in [0.4, 0.5) is 11.4 Å². The smallest absolute Gasteiger partial charge is 0.269 e. The predicted octanol–water partition coefficient (Wildman–Crippen LogP) is 3.69. The van der Waals surface area contributed by atoms with Gasteiger partial charge in [-0.15, -0.1) is 0 Å². The highest BCUT2D eigenvalue weighted by Crippen LogP contribution is 2.37. The molecule has 8 heteroatoms. The van der Waals surface area contributed by atoms with Gasteiger partial charge in [-0.3, -0.25) is 25.2 Å². The first kappa shape index (κ1) is 23.1. The zero-order valence-corrected chi connectivity index (χ0v) is 18.9. The Morgan fingerprint density at radius 3 is 2.19 bits per heavy atom. The molecule has 2 amide bonds. The summed E-state index contributed by atoms with van der Waals surface area (Å²) in [6.07, 6.45) is 1.72. The lowest BCUT2D eigenvalue weighted by Gasteiger charge is -2.36. The molecule has 0 bridgehead atoms. The molecule has 32 heavy (non-hydrogen) atoms. The zero-order valence-electron chi connectivity index (χ0n) is 18.9. The number of hydrazine groups is 1. The van der Waals surface area contributed by atoms with Crippen molar-refractivity contribution < 1.29 is 19.1 Å². The predicted molar refractivity (Wildman–Crippen MR) is 124 cm³/mol. The fourth-order valence-corrected chi connectivity index (χ4v) is 3.68. The van der Waals surface area contributed by atoms with Crippen LogP contribution in [-0.4, -0.2) is 29.2 Å². The minimum absolute atomic E-state index is 0.0563. The second kappa shape index (κ2) is 9.30. The molecule has 3 rings (SSSR count). The summed E-state index contributed by atoms with van der Waals surface area (Å²) >= 11 is 0. The minimum Gasteiger partial charge on any atom is -0.486 e. The summed E-state index contributed by atoms with van der Waals surface area (Å²) in [5.41, 5.74) is 12.4. The van der Waals surface area contributed by atoms with Gasteiger partial charge in [0.2, 0.25) is 0 Å². The summed E-state index contributed by atoms with van der Waals surface area (Å²) < 4.78 is 6.08. The van der Waals surface area contributed by atoms with E-state index in [4.69, 9.17) is 10.5 Å². The third-order valence-electron chi connectivity index (χ3n) is 5.69. The lowest BCUT2D eigenvalue weighted by atomic mass is 9.85. The summed E-state index contributed by atoms with van der Waals surface area (Å²) in [6.45, 7) is 7.96. The van der Waals surface area contributed by atoms with Gasteiger partial charge in [0.1, 0.15) is 11.4 Å². The van der Waals surface area contributed by atoms with Crippen molar-refractivity contribution in [1.82, 2.24) is 10.9 Å². The maximum Gasteiger partial charge on any atom is 0.269 e. The number of carbonyl (C=O) groups is 3. The molecule has 170 valence electrons. The monoisotopic (exact) mass is 438 g/mol. The zero-order chi connectivity index (χ0) is 23.5. The number of Topliss-reactive ketones (excluding diaryl/α,β-unsaturated/α-hetero) is 1. The molecule has 0 spiro atoms. The number of ether oxygens (including phenoxy) is 1. The van der Waals surface area contributed by atoms with E-state index in [-0.39, 0.29) is 23.8 Å². The molecule has 0 aromatic heterocycles. The number of amides is 2. The van der Waals surface area contributed by atoms with Crippen molar-refractivity contribution in [3.8, 4) is 5.75 Å². The second-order valence-corrected chi connectivity index (χ2v) is 8.31. The van der Waals surface area contributed by atoms with Crippen molar-refractivity contribution >= 4 is 29.0 Å². The molecule has 2 aromatic rings. The summed E-state index contributed by atoms with van der Waals surface area (Å²) in [5.74, 6) is -0.618. The van der Waals surface area contributed by atoms with Crippen LogP contribution in [0.3, 0.4) is 0 Å². The lowest BCUT2D eigenvalue weighted by molar-refractivity contribution is 0.0349. The van der Waals surface area contributed by atoms with E-state index in [9.17, 15) is 14.4 Å². The third kappa shape index (κ3) is 4.85. The number of ketones is 1. The van der Waals surface area contributed by atoms with Gasteiger partial charge in [0.05, 0.1) is 23.4 Å². The van der Waals surface area contributed by atoms with Gasteiger partial charge in [-0.25, -0.2) is 0 Å². The van der Waals surface area contributed by atoms with Crippen LogP contribution < -0.4 is 26.6 Å². The second-order valence-electron chi connectivity index (χ2n) is 8.31. The Morgan fingerprint density at radius 1 is 1.03 bits per heavy atom. The molecule has 2 aromatic carbocycles. The molecule has 0 unspecified atom stereocenters. The SMILES string of the molecule is CCC1(CC)CC(=O)c2cc(C(=O)NNC(=O)c3ccc(NC(C)C)c(N)c3)ccc2O1. The van der Waals surface area contributed by atoms with Gasteiger partial charge >= 0.3 is 0 Å². The number of nitrogen functional groups attached to an aromatic ring is 1. The van der Waals surface area contributed by atoms with Crippen molar-refractivity contribution in [3.05, 3.63) is 53.1 Å². The molecule has 0 saturated carbocycles. The van der Waals surface area contributed by atoms with Gasteiger partial charge in [0.15, 0.2) is 5.78 Å². The summed E-state index contributed by atoms with van der Waals surface area (Å²) in [7, 11) is 0. The van der Waals surface area contributed by atoms with Gasteiger partial charge < -0.3 is 15.8 Å². The van der Waals surface area contributed by atoms with Gasteiger partial charge in [0.25, 0.3) is 11.8 Å². The standard InChI is InChI=1S/C24H30N4O4/c1-5-24(6-2)13-20(29)17-11-15(8-10-21(17)32-24)22(30)27-28-23(31)16-7-9-19(18(25)12-16)26-14(3)4/h7-12,14,26H,5-6,13,25H2,1-4H3,(H,27,30)(H,28,31). The molecule has 0 saturated heterocycles. The molecule has 1 heterocycles. The third-order valence-corrected chi connectivity index (χ3v) is 5.69. The van der Waals surface area contributed by atoms with Crippen molar-refractivity contribution in [2.24, 2.45) is 0 Å². The maximum atomic E-state index is 12.7. The van der Waals surface area contributed by atoms with E-state index in [0.29, 0.717) is 22.6 Å². The summed E-state index contributed by atoms with van der Waals surface area (Å²) in [5, 5.41) is 3.19. The average Bonchev–Trinajstić information content (AvgIpc) is 2.77. The van der Waals surface area contributed by atoms with E-state index in [1.54, 1.807) is 24.3 Å². The lowest BCUT2D eigenvalue weighted by Crippen LogP contribution is -2.42. The van der Waals surface area contributed by atoms with E-state index < -0.39 is 17.4 Å². The summed E-state index contributed by atoms with van der Waals surface area (Å²) in [4.78, 5) is 37.6. The Morgan fingerprint density at radius 2 is 1.62 bits per heavy atom. The van der Waals surface area contributed by atoms with Crippen LogP contribution in [0.25, 0.3) is 0 Å². The fraction of sp³-hybridized carbons (Fsp3) is 0.375. The first-order valence-electron chi connectivity index (χ1n) is 10.8. The van der Waals surface area contributed by atoms with Crippen LogP contribution in [0, 0.1) is 0 Å². The highest BCUT2D eigenvalue weighted by molar-refractivity contribution is 6.04. The van der Waals surface area contributed by atoms with E-state index >= 15 is 0 Å². The number of benzene rings is 2. The number of hydrogen-bond acceptors (Lipinski definition) is 6. The number of nitrogens with one attached hydrogen (secondary N) is 3. The van der Waals surface area contributed by atoms with Crippen molar-refractivity contribution in [2.75, 3.05) is 11.1 Å². The van der Waals surface area contributed by atoms with E-state index in [1.165, 1.54) is 12.1 Å². The van der Waals surface area contributed by atoms with Crippen LogP contribution in [0.5, 0.6) is 5.75 Å². The Kier molecular flexibility index (Phi) is 6.72. The number of fused-ring (bicyclic) bond motifs is 1. The number of hydrogen-bond donors (Lipinski definition) is 4. The summed E-state index contributed by atoms with van der Waals surface area (Å²) in [6, 6.07) is 9.77. The molecule has 1 aliphatic rings. The average molecular weight is 439 g/mol. The van der Waals surface area contributed by atoms with Gasteiger partial charge in [-0.05, 0) is 63.1 Å². The number of carbonyl (C=O) groups excluding carboxylic acids is 3. The molecule has 0 radical (unpaired) electrons. The Bertz CT molecular complexity index is 1040. The van der Waals surface area contributed by atoms with E-state index in [2.05, 4.69) is 16.2 Å². The van der Waals surface area contributed by atoms with Gasteiger partial charge in [-0.1, -0.05) is 13.8 Å². The number of nitrogens with two attached hydrogens (primary N) is 1. The fourth-order valence-electron chi connectivity index (χ4n) is 3.68. The van der Waals surface area contributed by atoms with E-state index in [0.717, 1.165) is 18.5 Å². The molecular weight excluding hydrogens is 408 g/mol. The number of anilines is 2. The highest BCUT2D eigenvalue weighted by Gasteiger charge is 2.37. The first-order chi connectivity index (χ1) is 15.2. The number of rotatable bonds is 6. The Balaban J connectivity index is 1.67. The highest BCUT2D eigenvalue weighted by atomic mass is 16.5. The first-order valence-corrected chi connectivity index (χ1v) is 10.8. The van der Waals surface area contributed by atoms with Crippen molar-refractivity contribution in [1.29, 1.82) is 0 Å². The van der Waals surface area contributed by atoms with Crippen LogP contribution in [0.15, 0.2) is 36.4 Å². The van der Waals surface area contributed by atoms with E-state index in [1.807, 2.05) is 27.7 Å². The molecule has 5 N–H and O–H groups in total. The van der Waals surface area contributed by atoms with Crippen LogP contribution in [0.2, 0.25) is 0 Å². The normalized spacial score (nSPS) is 14.3. The van der Waals surface area contributed by atoms with Crippen molar-refractivity contribution in [3.63, 3.8) is 0 Å². The minimum atomic E-state index is -0.539. The van der Waals surface area contributed by atoms with Crippen LogP contribution in [0.1, 0.15) is 78.0 Å². The molecule has 0 fully saturated rings. The van der Waals surface area contributed by atoms with Crippen molar-refractivity contribution in [2.45, 2.75) is 58.6 Å². The quantitative estimate of drug-likeness (QED) is 0.403. The molecule has 0 aliphatic carbocycles. The molecule has 1 aliphatic heterocycles. The van der Waals surface area contributed by atoms with Crippen LogP contribution >= 0.6 is 0 Å². The topological polar surface area (TPSA) is 123 Å². The molecule has 8 nitrogen and oxygen atoms in total. The Hall–Kier alpha value is -3.55. The molecule has 0 atom stereocenters. The molecular formula is C24H30N4O4. The van der Waals surface area contributed by atoms with Crippen LogP contribution in [-0.2, 0) is 0 Å². The van der Waals surface area contributed by atoms with Gasteiger partial charge in [0, 0.05) is 17.2 Å². The van der Waals surface area contributed by atoms with Gasteiger partial charge in [-0.2, -0.15) is 0 Å². The largest absolute Gasteiger partial charge is 0.486 e. The Labute approximate surface area is 187 Å².